The summed E-state index contributed by atoms with van der Waals surface area (Å²) in [6.07, 6.45) is 17.7. The summed E-state index contributed by atoms with van der Waals surface area (Å²) in [7, 11) is 0. The molecule has 0 aliphatic heterocycles. The van der Waals surface area contributed by atoms with E-state index in [1.165, 1.54) is 76.2 Å². The second-order valence-corrected chi connectivity index (χ2v) is 7.43. The van der Waals surface area contributed by atoms with Crippen molar-refractivity contribution in [1.29, 1.82) is 0 Å². The van der Waals surface area contributed by atoms with Crippen LogP contribution in [0.1, 0.15) is 83.6 Å². The molecule has 2 atom stereocenters. The Morgan fingerprint density at radius 3 is 2.43 bits per heavy atom. The summed E-state index contributed by atoms with van der Waals surface area (Å²) in [5, 5.41) is 0. The van der Waals surface area contributed by atoms with Crippen LogP contribution in [0.5, 0.6) is 0 Å². The Kier molecular flexibility index (Phi) is 8.50. The molecular formula is C23H36. The van der Waals surface area contributed by atoms with Gasteiger partial charge in [0.1, 0.15) is 0 Å². The molecule has 0 heterocycles. The third-order valence-electron chi connectivity index (χ3n) is 5.54. The lowest BCUT2D eigenvalue weighted by atomic mass is 9.78. The molecule has 2 unspecified atom stereocenters. The summed E-state index contributed by atoms with van der Waals surface area (Å²) in [5.41, 5.74) is 3.31. The molecule has 0 heteroatoms. The van der Waals surface area contributed by atoms with Crippen LogP contribution in [0.25, 0.3) is 0 Å². The van der Waals surface area contributed by atoms with Crippen LogP contribution >= 0.6 is 0 Å². The summed E-state index contributed by atoms with van der Waals surface area (Å²) >= 11 is 0. The highest BCUT2D eigenvalue weighted by atomic mass is 14.2. The van der Waals surface area contributed by atoms with Crippen molar-refractivity contribution in [2.45, 2.75) is 84.5 Å². The first-order valence-electron chi connectivity index (χ1n) is 10.1. The minimum Gasteiger partial charge on any atom is -0.0848 e. The van der Waals surface area contributed by atoms with Crippen LogP contribution in [0.2, 0.25) is 0 Å². The van der Waals surface area contributed by atoms with Crippen molar-refractivity contribution >= 4 is 0 Å². The molecule has 0 radical (unpaired) electrons. The summed E-state index contributed by atoms with van der Waals surface area (Å²) in [6, 6.07) is 11.0. The smallest absolute Gasteiger partial charge is 0.0203 e. The number of allylic oxidation sites excluding steroid dienone is 2. The highest BCUT2D eigenvalue weighted by molar-refractivity contribution is 5.15. The van der Waals surface area contributed by atoms with E-state index < -0.39 is 0 Å². The van der Waals surface area contributed by atoms with E-state index in [1.807, 2.05) is 0 Å². The third-order valence-corrected chi connectivity index (χ3v) is 5.54. The van der Waals surface area contributed by atoms with E-state index in [4.69, 9.17) is 0 Å². The zero-order chi connectivity index (χ0) is 16.3. The van der Waals surface area contributed by atoms with Gasteiger partial charge in [-0.05, 0) is 62.3 Å². The monoisotopic (exact) mass is 312 g/mol. The number of unbranched alkanes of at least 4 members (excludes halogenated alkanes) is 1. The van der Waals surface area contributed by atoms with Gasteiger partial charge in [0.05, 0.1) is 0 Å². The minimum atomic E-state index is 0.862. The highest BCUT2D eigenvalue weighted by Crippen LogP contribution is 2.35. The van der Waals surface area contributed by atoms with Crippen LogP contribution < -0.4 is 0 Å². The lowest BCUT2D eigenvalue weighted by molar-refractivity contribution is 0.392. The second-order valence-electron chi connectivity index (χ2n) is 7.43. The van der Waals surface area contributed by atoms with Gasteiger partial charge in [0.2, 0.25) is 0 Å². The van der Waals surface area contributed by atoms with E-state index in [0.29, 0.717) is 0 Å². The molecule has 0 fully saturated rings. The van der Waals surface area contributed by atoms with E-state index in [-0.39, 0.29) is 0 Å². The van der Waals surface area contributed by atoms with Crippen LogP contribution in [0, 0.1) is 11.8 Å². The van der Waals surface area contributed by atoms with Crippen molar-refractivity contribution in [2.24, 2.45) is 11.8 Å². The van der Waals surface area contributed by atoms with Crippen molar-refractivity contribution in [3.63, 3.8) is 0 Å². The summed E-state index contributed by atoms with van der Waals surface area (Å²) in [4.78, 5) is 0. The molecule has 0 spiro atoms. The number of hydrogen-bond donors (Lipinski definition) is 0. The molecule has 0 N–H and O–H groups in total. The molecule has 0 amide bonds. The van der Waals surface area contributed by atoms with Gasteiger partial charge in [-0.1, -0.05) is 81.5 Å². The maximum absolute atomic E-state index is 2.63. The fourth-order valence-corrected chi connectivity index (χ4v) is 4.11. The lowest BCUT2D eigenvalue weighted by Gasteiger charge is -2.27. The first-order chi connectivity index (χ1) is 11.3. The molecular weight excluding hydrogens is 276 g/mol. The number of aryl methyl sites for hydroxylation is 1. The lowest BCUT2D eigenvalue weighted by Crippen LogP contribution is -2.12. The van der Waals surface area contributed by atoms with Gasteiger partial charge in [0.15, 0.2) is 0 Å². The molecule has 0 saturated heterocycles. The molecule has 23 heavy (non-hydrogen) atoms. The van der Waals surface area contributed by atoms with Gasteiger partial charge >= 0.3 is 0 Å². The van der Waals surface area contributed by atoms with Gasteiger partial charge in [-0.25, -0.2) is 0 Å². The Hall–Kier alpha value is -1.04. The van der Waals surface area contributed by atoms with Crippen molar-refractivity contribution in [1.82, 2.24) is 0 Å². The summed E-state index contributed by atoms with van der Waals surface area (Å²) < 4.78 is 0. The van der Waals surface area contributed by atoms with E-state index in [1.54, 1.807) is 5.57 Å². The quantitative estimate of drug-likeness (QED) is 0.396. The van der Waals surface area contributed by atoms with Crippen LogP contribution in [0.15, 0.2) is 42.0 Å². The van der Waals surface area contributed by atoms with Gasteiger partial charge < -0.3 is 0 Å². The molecule has 128 valence electrons. The van der Waals surface area contributed by atoms with Gasteiger partial charge in [-0.15, -0.1) is 0 Å². The highest BCUT2D eigenvalue weighted by Gasteiger charge is 2.19. The van der Waals surface area contributed by atoms with Gasteiger partial charge in [0, 0.05) is 0 Å². The van der Waals surface area contributed by atoms with Gasteiger partial charge in [-0.2, -0.15) is 0 Å². The standard InChI is InChI=1S/C23H36/c1-3-5-14-22(15-9-13-21-11-7-6-8-12-21)23-18-16-20(10-4-2)17-19-23/h6-8,11-12,18,20,22H,3-5,9-10,13-17,19H2,1-2H3. The zero-order valence-electron chi connectivity index (χ0n) is 15.4. The van der Waals surface area contributed by atoms with E-state index in [2.05, 4.69) is 50.3 Å². The maximum Gasteiger partial charge on any atom is -0.0203 e. The Morgan fingerprint density at radius 1 is 1.00 bits per heavy atom. The Balaban J connectivity index is 1.84. The summed E-state index contributed by atoms with van der Waals surface area (Å²) in [5.74, 6) is 1.83. The molecule has 0 aromatic heterocycles. The normalized spacial score (nSPS) is 19.4. The van der Waals surface area contributed by atoms with E-state index >= 15 is 0 Å². The average molecular weight is 313 g/mol. The SMILES string of the molecule is CCCCC(CCCc1ccccc1)C1=CCC(CCC)CC1. The summed E-state index contributed by atoms with van der Waals surface area (Å²) in [6.45, 7) is 4.65. The van der Waals surface area contributed by atoms with Crippen molar-refractivity contribution in [3.05, 3.63) is 47.5 Å². The fraction of sp³-hybridized carbons (Fsp3) is 0.652. The van der Waals surface area contributed by atoms with Crippen molar-refractivity contribution < 1.29 is 0 Å². The number of benzene rings is 1. The molecule has 0 saturated carbocycles. The molecule has 0 bridgehead atoms. The zero-order valence-corrected chi connectivity index (χ0v) is 15.4. The fourth-order valence-electron chi connectivity index (χ4n) is 4.11. The van der Waals surface area contributed by atoms with Crippen LogP contribution in [0.3, 0.4) is 0 Å². The van der Waals surface area contributed by atoms with Crippen LogP contribution in [-0.2, 0) is 6.42 Å². The number of hydrogen-bond acceptors (Lipinski definition) is 0. The first kappa shape index (κ1) is 18.3. The largest absolute Gasteiger partial charge is 0.0848 e. The molecule has 1 aliphatic carbocycles. The van der Waals surface area contributed by atoms with Crippen LogP contribution in [0.4, 0.5) is 0 Å². The Bertz CT molecular complexity index is 442. The predicted octanol–water partition coefficient (Wildman–Crippen LogP) is 7.34. The Morgan fingerprint density at radius 2 is 1.78 bits per heavy atom. The van der Waals surface area contributed by atoms with Crippen molar-refractivity contribution in [3.8, 4) is 0 Å². The Labute approximate surface area is 144 Å². The maximum atomic E-state index is 2.63. The molecule has 2 rings (SSSR count). The van der Waals surface area contributed by atoms with E-state index in [9.17, 15) is 0 Å². The molecule has 1 aromatic carbocycles. The van der Waals surface area contributed by atoms with Crippen LogP contribution in [-0.4, -0.2) is 0 Å². The van der Waals surface area contributed by atoms with Gasteiger partial charge in [-0.3, -0.25) is 0 Å². The molecule has 1 aromatic rings. The minimum absolute atomic E-state index is 0.862. The van der Waals surface area contributed by atoms with Gasteiger partial charge in [0.25, 0.3) is 0 Å². The number of rotatable bonds is 10. The first-order valence-corrected chi connectivity index (χ1v) is 10.1. The molecule has 0 nitrogen and oxygen atoms in total. The second kappa shape index (κ2) is 10.7. The van der Waals surface area contributed by atoms with Crippen molar-refractivity contribution in [2.75, 3.05) is 0 Å². The van der Waals surface area contributed by atoms with E-state index in [0.717, 1.165) is 11.8 Å². The topological polar surface area (TPSA) is 0 Å². The third kappa shape index (κ3) is 6.53. The average Bonchev–Trinajstić information content (AvgIpc) is 2.60. The predicted molar refractivity (Wildman–Crippen MR) is 103 cm³/mol. The molecule has 1 aliphatic rings.